The predicted octanol–water partition coefficient (Wildman–Crippen LogP) is 18.4. The van der Waals surface area contributed by atoms with Gasteiger partial charge in [-0.2, -0.15) is 0 Å². The van der Waals surface area contributed by atoms with Gasteiger partial charge in [-0.05, 0) is 64.2 Å². The summed E-state index contributed by atoms with van der Waals surface area (Å²) in [5, 5.41) is 23.2. The molecule has 2 atom stereocenters. The number of unbranched alkanes of at least 4 members (excludes halogenated alkanes) is 40. The van der Waals surface area contributed by atoms with Crippen molar-refractivity contribution in [1.82, 2.24) is 5.32 Å². The highest BCUT2D eigenvalue weighted by atomic mass is 16.5. The number of carbonyl (C=O) groups excluding carboxylic acids is 2. The minimum atomic E-state index is -0.856. The standard InChI is InChI=1S/C61H115NO5/c1-3-5-7-9-11-13-15-17-19-21-23-25-27-29-33-37-41-45-49-53-59(64)58(57-63)62-60(65)54-50-46-42-38-34-31-32-36-40-44-48-52-56-67-61(66)55-51-47-43-39-35-30-28-26-24-22-20-18-16-14-12-10-8-6-4-2/h12,14,18,20,49,53,58-59,63-64H,3-11,13,15-17,19,21-48,50-52,54-57H2,1-2H3,(H,62,65)/b14-12-,20-18-,53-49+. The highest BCUT2D eigenvalue weighted by Crippen LogP contribution is 2.17. The van der Waals surface area contributed by atoms with E-state index >= 15 is 0 Å². The molecule has 0 radical (unpaired) electrons. The molecule has 0 aromatic rings. The Morgan fingerprint density at radius 1 is 0.418 bits per heavy atom. The molecule has 1 amide bonds. The van der Waals surface area contributed by atoms with Crippen LogP contribution >= 0.6 is 0 Å². The summed E-state index contributed by atoms with van der Waals surface area (Å²) in [6.45, 7) is 4.86. The first-order valence-corrected chi connectivity index (χ1v) is 29.8. The highest BCUT2D eigenvalue weighted by molar-refractivity contribution is 5.76. The summed E-state index contributed by atoms with van der Waals surface area (Å²) in [6.07, 6.45) is 70.2. The quantitative estimate of drug-likeness (QED) is 0.0321. The molecule has 3 N–H and O–H groups in total. The largest absolute Gasteiger partial charge is 0.466 e. The zero-order valence-corrected chi connectivity index (χ0v) is 44.9. The van der Waals surface area contributed by atoms with Gasteiger partial charge >= 0.3 is 5.97 Å². The molecular formula is C61H115NO5. The number of allylic oxidation sites excluding steroid dienone is 5. The van der Waals surface area contributed by atoms with E-state index in [-0.39, 0.29) is 18.5 Å². The van der Waals surface area contributed by atoms with E-state index in [0.717, 1.165) is 64.2 Å². The summed E-state index contributed by atoms with van der Waals surface area (Å²) in [7, 11) is 0. The predicted molar refractivity (Wildman–Crippen MR) is 292 cm³/mol. The molecule has 394 valence electrons. The fourth-order valence-corrected chi connectivity index (χ4v) is 9.08. The Hall–Kier alpha value is -1.92. The van der Waals surface area contributed by atoms with E-state index in [4.69, 9.17) is 4.74 Å². The molecule has 0 aromatic carbocycles. The summed E-state index contributed by atoms with van der Waals surface area (Å²) in [6, 6.07) is -0.641. The first kappa shape index (κ1) is 65.1. The molecule has 0 saturated heterocycles. The summed E-state index contributed by atoms with van der Waals surface area (Å²) < 4.78 is 5.48. The van der Waals surface area contributed by atoms with Crippen LogP contribution in [-0.4, -0.2) is 47.4 Å². The van der Waals surface area contributed by atoms with Crippen molar-refractivity contribution in [3.63, 3.8) is 0 Å². The number of aliphatic hydroxyl groups excluding tert-OH is 2. The number of aliphatic hydroxyl groups is 2. The smallest absolute Gasteiger partial charge is 0.305 e. The Bertz CT molecular complexity index is 1090. The SMILES string of the molecule is CCCCC/C=C\C/C=C\CCCCCCCCCCCC(=O)OCCCCCCCCCCCCCCC(=O)NC(CO)C(O)/C=C/CCCCCCCCCCCCCCCCCCC. The topological polar surface area (TPSA) is 95.9 Å². The molecule has 0 saturated carbocycles. The van der Waals surface area contributed by atoms with Crippen LogP contribution < -0.4 is 5.32 Å². The normalized spacial score (nSPS) is 12.8. The summed E-state index contributed by atoms with van der Waals surface area (Å²) in [4.78, 5) is 24.6. The van der Waals surface area contributed by atoms with Crippen molar-refractivity contribution >= 4 is 11.9 Å². The Kier molecular flexibility index (Phi) is 55.0. The molecule has 67 heavy (non-hydrogen) atoms. The van der Waals surface area contributed by atoms with E-state index < -0.39 is 12.1 Å². The molecule has 0 aliphatic carbocycles. The molecule has 6 nitrogen and oxygen atoms in total. The monoisotopic (exact) mass is 942 g/mol. The second kappa shape index (κ2) is 56.7. The zero-order valence-electron chi connectivity index (χ0n) is 44.9. The van der Waals surface area contributed by atoms with Gasteiger partial charge in [0, 0.05) is 12.8 Å². The molecule has 6 heteroatoms. The number of hydrogen-bond donors (Lipinski definition) is 3. The van der Waals surface area contributed by atoms with Crippen molar-refractivity contribution in [2.24, 2.45) is 0 Å². The zero-order chi connectivity index (χ0) is 48.6. The van der Waals surface area contributed by atoms with Crippen molar-refractivity contribution in [2.45, 2.75) is 328 Å². The van der Waals surface area contributed by atoms with Gasteiger partial charge in [-0.25, -0.2) is 0 Å². The van der Waals surface area contributed by atoms with Crippen LogP contribution in [0.4, 0.5) is 0 Å². The lowest BCUT2D eigenvalue weighted by molar-refractivity contribution is -0.143. The lowest BCUT2D eigenvalue weighted by atomic mass is 10.0. The van der Waals surface area contributed by atoms with E-state index in [1.165, 1.54) is 225 Å². The number of hydrogen-bond acceptors (Lipinski definition) is 5. The van der Waals surface area contributed by atoms with Crippen LogP contribution in [0.2, 0.25) is 0 Å². The molecule has 0 bridgehead atoms. The number of amides is 1. The Balaban J connectivity index is 3.48. The van der Waals surface area contributed by atoms with Crippen molar-refractivity contribution < 1.29 is 24.5 Å². The minimum absolute atomic E-state index is 0.0143. The van der Waals surface area contributed by atoms with E-state index in [2.05, 4.69) is 43.5 Å². The first-order valence-electron chi connectivity index (χ1n) is 29.8. The molecule has 0 aliphatic heterocycles. The van der Waals surface area contributed by atoms with Crippen molar-refractivity contribution in [3.8, 4) is 0 Å². The average Bonchev–Trinajstić information content (AvgIpc) is 3.33. The van der Waals surface area contributed by atoms with Gasteiger partial charge in [0.1, 0.15) is 0 Å². The highest BCUT2D eigenvalue weighted by Gasteiger charge is 2.18. The second-order valence-corrected chi connectivity index (χ2v) is 20.3. The Labute approximate surface area is 417 Å². The van der Waals surface area contributed by atoms with Gasteiger partial charge in [0.05, 0.1) is 25.4 Å². The van der Waals surface area contributed by atoms with Gasteiger partial charge in [0.25, 0.3) is 0 Å². The van der Waals surface area contributed by atoms with Crippen LogP contribution in [0.15, 0.2) is 36.5 Å². The van der Waals surface area contributed by atoms with Gasteiger partial charge < -0.3 is 20.3 Å². The van der Waals surface area contributed by atoms with Gasteiger partial charge in [-0.15, -0.1) is 0 Å². The summed E-state index contributed by atoms with van der Waals surface area (Å²) in [5.74, 6) is -0.0961. The van der Waals surface area contributed by atoms with Crippen LogP contribution in [0, 0.1) is 0 Å². The number of nitrogens with one attached hydrogen (secondary N) is 1. The molecule has 0 heterocycles. The lowest BCUT2D eigenvalue weighted by Crippen LogP contribution is -2.45. The maximum atomic E-state index is 12.5. The molecule has 0 fully saturated rings. The molecule has 0 aliphatic rings. The van der Waals surface area contributed by atoms with Gasteiger partial charge in [0.15, 0.2) is 0 Å². The second-order valence-electron chi connectivity index (χ2n) is 20.3. The van der Waals surface area contributed by atoms with Crippen LogP contribution in [0.25, 0.3) is 0 Å². The van der Waals surface area contributed by atoms with E-state index in [0.29, 0.717) is 19.4 Å². The van der Waals surface area contributed by atoms with Crippen molar-refractivity contribution in [2.75, 3.05) is 13.2 Å². The molecule has 0 aromatic heterocycles. The van der Waals surface area contributed by atoms with Crippen LogP contribution in [0.5, 0.6) is 0 Å². The third kappa shape index (κ3) is 53.3. The Morgan fingerprint density at radius 3 is 1.16 bits per heavy atom. The number of carbonyl (C=O) groups is 2. The number of rotatable bonds is 55. The summed E-state index contributed by atoms with van der Waals surface area (Å²) >= 11 is 0. The van der Waals surface area contributed by atoms with E-state index in [9.17, 15) is 19.8 Å². The maximum absolute atomic E-state index is 12.5. The fourth-order valence-electron chi connectivity index (χ4n) is 9.08. The van der Waals surface area contributed by atoms with Crippen LogP contribution in [0.1, 0.15) is 316 Å². The number of ether oxygens (including phenoxy) is 1. The van der Waals surface area contributed by atoms with Gasteiger partial charge in [0.2, 0.25) is 5.91 Å². The average molecular weight is 943 g/mol. The lowest BCUT2D eigenvalue weighted by Gasteiger charge is -2.20. The molecule has 0 spiro atoms. The van der Waals surface area contributed by atoms with Crippen molar-refractivity contribution in [1.29, 1.82) is 0 Å². The van der Waals surface area contributed by atoms with Crippen LogP contribution in [-0.2, 0) is 14.3 Å². The third-order valence-electron chi connectivity index (χ3n) is 13.7. The Morgan fingerprint density at radius 2 is 0.746 bits per heavy atom. The molecule has 2 unspecified atom stereocenters. The minimum Gasteiger partial charge on any atom is -0.466 e. The fraction of sp³-hybridized carbons (Fsp3) is 0.869. The first-order chi connectivity index (χ1) is 33.0. The summed E-state index contributed by atoms with van der Waals surface area (Å²) in [5.41, 5.74) is 0. The maximum Gasteiger partial charge on any atom is 0.305 e. The molecular weight excluding hydrogens is 827 g/mol. The molecule has 0 rings (SSSR count). The van der Waals surface area contributed by atoms with Crippen LogP contribution in [0.3, 0.4) is 0 Å². The van der Waals surface area contributed by atoms with E-state index in [1.807, 2.05) is 6.08 Å². The van der Waals surface area contributed by atoms with E-state index in [1.54, 1.807) is 6.08 Å². The van der Waals surface area contributed by atoms with Crippen molar-refractivity contribution in [3.05, 3.63) is 36.5 Å². The number of esters is 1. The van der Waals surface area contributed by atoms with Gasteiger partial charge in [-0.1, -0.05) is 275 Å². The third-order valence-corrected chi connectivity index (χ3v) is 13.7. The van der Waals surface area contributed by atoms with Gasteiger partial charge in [-0.3, -0.25) is 9.59 Å².